The van der Waals surface area contributed by atoms with Crippen molar-refractivity contribution in [2.45, 2.75) is 20.0 Å². The van der Waals surface area contributed by atoms with Crippen molar-refractivity contribution in [1.82, 2.24) is 25.1 Å². The molecule has 0 spiro atoms. The molecule has 0 atom stereocenters. The van der Waals surface area contributed by atoms with Crippen LogP contribution in [-0.4, -0.2) is 37.1 Å². The first kappa shape index (κ1) is 20.0. The lowest BCUT2D eigenvalue weighted by molar-refractivity contribution is -0.385. The summed E-state index contributed by atoms with van der Waals surface area (Å²) in [4.78, 5) is 31.5. The van der Waals surface area contributed by atoms with Crippen LogP contribution in [-0.2, 0) is 13.1 Å². The number of carbonyl (C=O) groups is 1. The maximum absolute atomic E-state index is 12.4. The van der Waals surface area contributed by atoms with Gasteiger partial charge in [0, 0.05) is 23.7 Å². The van der Waals surface area contributed by atoms with Crippen LogP contribution in [0.5, 0.6) is 0 Å². The van der Waals surface area contributed by atoms with E-state index in [9.17, 15) is 14.9 Å². The lowest BCUT2D eigenvalue weighted by Gasteiger charge is -2.08. The molecule has 11 heteroatoms. The van der Waals surface area contributed by atoms with Crippen LogP contribution in [0, 0.1) is 17.0 Å². The van der Waals surface area contributed by atoms with Gasteiger partial charge >= 0.3 is 0 Å². The Kier molecular flexibility index (Phi) is 5.56. The maximum Gasteiger partial charge on any atom is 0.273 e. The Morgan fingerprint density at radius 1 is 1.29 bits per heavy atom. The second-order valence-corrected chi connectivity index (χ2v) is 6.77. The minimum Gasteiger partial charge on any atom is -0.467 e. The number of nitro benzene ring substituents is 1. The fourth-order valence-corrected chi connectivity index (χ4v) is 3.11. The number of benzene rings is 1. The Morgan fingerprint density at radius 2 is 2.16 bits per heavy atom. The summed E-state index contributed by atoms with van der Waals surface area (Å²) in [6, 6.07) is 8.07. The van der Waals surface area contributed by atoms with Gasteiger partial charge in [-0.05, 0) is 25.1 Å². The van der Waals surface area contributed by atoms with Crippen LogP contribution in [0.2, 0.25) is 0 Å². The molecule has 0 aliphatic heterocycles. The molecular weight excluding hydrogens is 402 g/mol. The molecule has 158 valence electrons. The Labute approximate surface area is 176 Å². The fraction of sp³-hybridized carbons (Fsp3) is 0.200. The van der Waals surface area contributed by atoms with Gasteiger partial charge in [-0.15, -0.1) is 0 Å². The summed E-state index contributed by atoms with van der Waals surface area (Å²) < 4.78 is 6.97. The Bertz CT molecular complexity index is 1230. The highest BCUT2D eigenvalue weighted by Gasteiger charge is 2.15. The van der Waals surface area contributed by atoms with Gasteiger partial charge < -0.3 is 15.1 Å². The molecule has 31 heavy (non-hydrogen) atoms. The molecule has 3 aromatic heterocycles. The predicted octanol–water partition coefficient (Wildman–Crippen LogP) is 2.68. The topological polar surface area (TPSA) is 141 Å². The summed E-state index contributed by atoms with van der Waals surface area (Å²) in [7, 11) is 0. The van der Waals surface area contributed by atoms with E-state index in [0.717, 1.165) is 11.1 Å². The second-order valence-electron chi connectivity index (χ2n) is 6.77. The first-order valence-electron chi connectivity index (χ1n) is 9.49. The van der Waals surface area contributed by atoms with Crippen molar-refractivity contribution in [2.24, 2.45) is 0 Å². The summed E-state index contributed by atoms with van der Waals surface area (Å²) >= 11 is 0. The highest BCUT2D eigenvalue weighted by Crippen LogP contribution is 2.20. The van der Waals surface area contributed by atoms with E-state index in [1.54, 1.807) is 36.2 Å². The molecule has 4 rings (SSSR count). The molecular formula is C20H19N7O4. The van der Waals surface area contributed by atoms with E-state index in [0.29, 0.717) is 30.1 Å². The molecule has 11 nitrogen and oxygen atoms in total. The summed E-state index contributed by atoms with van der Waals surface area (Å²) in [5.41, 5.74) is 1.27. The standard InChI is InChI=1S/C20H19N7O4/c1-13-4-5-14(9-17(13)27(29)30)20(28)21-6-7-26-19-16(11-25-26)18(23-12-24-19)22-10-15-3-2-8-31-15/h2-5,8-9,11-12H,6-7,10H2,1H3,(H,21,28)(H,22,23,24). The molecule has 1 amide bonds. The smallest absolute Gasteiger partial charge is 0.273 e. The number of fused-ring (bicyclic) bond motifs is 1. The number of hydrogen-bond donors (Lipinski definition) is 2. The number of nitrogens with zero attached hydrogens (tertiary/aromatic N) is 5. The zero-order chi connectivity index (χ0) is 21.8. The molecule has 1 aromatic carbocycles. The molecule has 0 saturated heterocycles. The third kappa shape index (κ3) is 4.34. The molecule has 0 aliphatic rings. The van der Waals surface area contributed by atoms with Gasteiger partial charge in [0.25, 0.3) is 11.6 Å². The molecule has 0 bridgehead atoms. The van der Waals surface area contributed by atoms with Crippen molar-refractivity contribution in [2.75, 3.05) is 11.9 Å². The number of amides is 1. The van der Waals surface area contributed by atoms with Gasteiger partial charge in [-0.2, -0.15) is 5.10 Å². The predicted molar refractivity (Wildman–Crippen MR) is 112 cm³/mol. The number of nitro groups is 1. The summed E-state index contributed by atoms with van der Waals surface area (Å²) in [6.07, 6.45) is 4.70. The van der Waals surface area contributed by atoms with Crippen molar-refractivity contribution < 1.29 is 14.1 Å². The van der Waals surface area contributed by atoms with E-state index >= 15 is 0 Å². The molecule has 0 saturated carbocycles. The summed E-state index contributed by atoms with van der Waals surface area (Å²) in [5, 5.41) is 22.1. The third-order valence-corrected chi connectivity index (χ3v) is 4.72. The van der Waals surface area contributed by atoms with E-state index in [-0.39, 0.29) is 17.8 Å². The number of rotatable bonds is 8. The van der Waals surface area contributed by atoms with E-state index < -0.39 is 10.8 Å². The van der Waals surface area contributed by atoms with Crippen molar-refractivity contribution in [1.29, 1.82) is 0 Å². The molecule has 0 unspecified atom stereocenters. The minimum atomic E-state index is -0.501. The zero-order valence-electron chi connectivity index (χ0n) is 16.6. The number of aromatic nitrogens is 4. The normalized spacial score (nSPS) is 10.9. The van der Waals surface area contributed by atoms with Gasteiger partial charge in [-0.25, -0.2) is 14.6 Å². The monoisotopic (exact) mass is 421 g/mol. The zero-order valence-corrected chi connectivity index (χ0v) is 16.6. The number of nitrogens with one attached hydrogen (secondary N) is 2. The lowest BCUT2D eigenvalue weighted by Crippen LogP contribution is -2.27. The SMILES string of the molecule is Cc1ccc(C(=O)NCCn2ncc3c(NCc4ccco4)ncnc32)cc1[N+](=O)[O-]. The Balaban J connectivity index is 1.40. The second kappa shape index (κ2) is 8.61. The maximum atomic E-state index is 12.4. The largest absolute Gasteiger partial charge is 0.467 e. The average Bonchev–Trinajstić information content (AvgIpc) is 3.42. The van der Waals surface area contributed by atoms with Crippen LogP contribution >= 0.6 is 0 Å². The van der Waals surface area contributed by atoms with Gasteiger partial charge in [0.15, 0.2) is 5.65 Å². The number of carbonyl (C=O) groups excluding carboxylic acids is 1. The molecule has 0 radical (unpaired) electrons. The average molecular weight is 421 g/mol. The third-order valence-electron chi connectivity index (χ3n) is 4.72. The van der Waals surface area contributed by atoms with Crippen molar-refractivity contribution in [3.63, 3.8) is 0 Å². The van der Waals surface area contributed by atoms with Gasteiger partial charge in [0.05, 0.1) is 35.9 Å². The van der Waals surface area contributed by atoms with Gasteiger partial charge in [-0.1, -0.05) is 6.07 Å². The van der Waals surface area contributed by atoms with E-state index in [2.05, 4.69) is 25.7 Å². The Morgan fingerprint density at radius 3 is 2.94 bits per heavy atom. The van der Waals surface area contributed by atoms with Crippen molar-refractivity contribution in [3.05, 3.63) is 76.1 Å². The Hall–Kier alpha value is -4.28. The number of furan rings is 1. The molecule has 2 N–H and O–H groups in total. The molecule has 3 heterocycles. The quantitative estimate of drug-likeness (QED) is 0.327. The van der Waals surface area contributed by atoms with Crippen LogP contribution in [0.1, 0.15) is 21.7 Å². The number of aryl methyl sites for hydroxylation is 1. The van der Waals surface area contributed by atoms with Gasteiger partial charge in [0.2, 0.25) is 0 Å². The van der Waals surface area contributed by atoms with Crippen LogP contribution in [0.15, 0.2) is 53.5 Å². The van der Waals surface area contributed by atoms with E-state index in [1.165, 1.54) is 12.4 Å². The lowest BCUT2D eigenvalue weighted by atomic mass is 10.1. The number of hydrogen-bond acceptors (Lipinski definition) is 8. The highest BCUT2D eigenvalue weighted by molar-refractivity contribution is 5.95. The van der Waals surface area contributed by atoms with E-state index in [1.807, 2.05) is 12.1 Å². The van der Waals surface area contributed by atoms with Crippen LogP contribution in [0.25, 0.3) is 11.0 Å². The summed E-state index contributed by atoms with van der Waals surface area (Å²) in [6.45, 7) is 2.75. The first-order valence-corrected chi connectivity index (χ1v) is 9.49. The van der Waals surface area contributed by atoms with Crippen molar-refractivity contribution >= 4 is 28.4 Å². The van der Waals surface area contributed by atoms with Crippen LogP contribution < -0.4 is 10.6 Å². The van der Waals surface area contributed by atoms with Crippen LogP contribution in [0.4, 0.5) is 11.5 Å². The fourth-order valence-electron chi connectivity index (χ4n) is 3.11. The highest BCUT2D eigenvalue weighted by atomic mass is 16.6. The first-order chi connectivity index (χ1) is 15.0. The minimum absolute atomic E-state index is 0.0861. The van der Waals surface area contributed by atoms with Crippen LogP contribution in [0.3, 0.4) is 0 Å². The van der Waals surface area contributed by atoms with Crippen molar-refractivity contribution in [3.8, 4) is 0 Å². The summed E-state index contributed by atoms with van der Waals surface area (Å²) in [5.74, 6) is 1.01. The molecule has 4 aromatic rings. The van der Waals surface area contributed by atoms with E-state index in [4.69, 9.17) is 4.42 Å². The molecule has 0 fully saturated rings. The molecule has 0 aliphatic carbocycles. The van der Waals surface area contributed by atoms with Gasteiger partial charge in [-0.3, -0.25) is 14.9 Å². The van der Waals surface area contributed by atoms with Gasteiger partial charge in [0.1, 0.15) is 17.9 Å². The number of anilines is 1.